The van der Waals surface area contributed by atoms with E-state index in [2.05, 4.69) is 5.10 Å². The van der Waals surface area contributed by atoms with Gasteiger partial charge in [0.05, 0.1) is 24.4 Å². The summed E-state index contributed by atoms with van der Waals surface area (Å²) in [6.45, 7) is 5.59. The SMILES string of the molecule is COc1ccc(-n2nc(C)c(CC(C)C(=O)O)c2C)cc1. The van der Waals surface area contributed by atoms with Crippen molar-refractivity contribution < 1.29 is 14.6 Å². The van der Waals surface area contributed by atoms with Crippen LogP contribution in [0.5, 0.6) is 5.75 Å². The molecule has 1 aromatic heterocycles. The lowest BCUT2D eigenvalue weighted by Gasteiger charge is -2.08. The van der Waals surface area contributed by atoms with Crippen LogP contribution in [0.15, 0.2) is 24.3 Å². The first-order chi connectivity index (χ1) is 9.93. The fraction of sp³-hybridized carbons (Fsp3) is 0.375. The molecule has 112 valence electrons. The Morgan fingerprint density at radius 2 is 1.95 bits per heavy atom. The Morgan fingerprint density at radius 3 is 2.48 bits per heavy atom. The van der Waals surface area contributed by atoms with Crippen LogP contribution in [0.2, 0.25) is 0 Å². The minimum Gasteiger partial charge on any atom is -0.497 e. The Morgan fingerprint density at radius 1 is 1.33 bits per heavy atom. The topological polar surface area (TPSA) is 64.4 Å². The lowest BCUT2D eigenvalue weighted by atomic mass is 10.00. The van der Waals surface area contributed by atoms with Gasteiger partial charge in [-0.1, -0.05) is 6.92 Å². The van der Waals surface area contributed by atoms with Crippen molar-refractivity contribution in [1.29, 1.82) is 0 Å². The maximum atomic E-state index is 11.0. The highest BCUT2D eigenvalue weighted by atomic mass is 16.5. The summed E-state index contributed by atoms with van der Waals surface area (Å²) in [7, 11) is 1.63. The molecule has 0 spiro atoms. The van der Waals surface area contributed by atoms with Crippen LogP contribution >= 0.6 is 0 Å². The van der Waals surface area contributed by atoms with Crippen LogP contribution in [0.1, 0.15) is 23.9 Å². The molecule has 0 aliphatic heterocycles. The molecular weight excluding hydrogens is 268 g/mol. The van der Waals surface area contributed by atoms with Gasteiger partial charge < -0.3 is 9.84 Å². The predicted octanol–water partition coefficient (Wildman–Crippen LogP) is 2.76. The zero-order valence-electron chi connectivity index (χ0n) is 12.8. The van der Waals surface area contributed by atoms with E-state index in [1.807, 2.05) is 42.8 Å². The molecule has 1 heterocycles. The Hall–Kier alpha value is -2.30. The van der Waals surface area contributed by atoms with E-state index in [4.69, 9.17) is 9.84 Å². The van der Waals surface area contributed by atoms with Crippen molar-refractivity contribution in [3.8, 4) is 11.4 Å². The van der Waals surface area contributed by atoms with Crippen molar-refractivity contribution in [2.75, 3.05) is 7.11 Å². The smallest absolute Gasteiger partial charge is 0.306 e. The molecule has 0 bridgehead atoms. The minimum absolute atomic E-state index is 0.420. The number of aryl methyl sites for hydroxylation is 1. The Balaban J connectivity index is 2.35. The second kappa shape index (κ2) is 5.99. The third-order valence-electron chi connectivity index (χ3n) is 3.69. The molecular formula is C16H20N2O3. The summed E-state index contributed by atoms with van der Waals surface area (Å²) in [6.07, 6.45) is 0.489. The molecule has 0 fully saturated rings. The van der Waals surface area contributed by atoms with Crippen LogP contribution in [0.3, 0.4) is 0 Å². The summed E-state index contributed by atoms with van der Waals surface area (Å²) in [5, 5.41) is 13.6. The van der Waals surface area contributed by atoms with Gasteiger partial charge in [0.2, 0.25) is 0 Å². The number of benzene rings is 1. The number of methoxy groups -OCH3 is 1. The second-order valence-electron chi connectivity index (χ2n) is 5.20. The summed E-state index contributed by atoms with van der Waals surface area (Å²) < 4.78 is 6.99. The normalized spacial score (nSPS) is 12.2. The van der Waals surface area contributed by atoms with Gasteiger partial charge in [-0.25, -0.2) is 4.68 Å². The van der Waals surface area contributed by atoms with Gasteiger partial charge in [-0.3, -0.25) is 4.79 Å². The number of hydrogen-bond acceptors (Lipinski definition) is 3. The van der Waals surface area contributed by atoms with E-state index in [-0.39, 0.29) is 0 Å². The summed E-state index contributed by atoms with van der Waals surface area (Å²) >= 11 is 0. The van der Waals surface area contributed by atoms with Crippen LogP contribution < -0.4 is 4.74 Å². The number of nitrogens with zero attached hydrogens (tertiary/aromatic N) is 2. The fourth-order valence-electron chi connectivity index (χ4n) is 2.34. The Bertz CT molecular complexity index is 644. The number of carboxylic acid groups (broad SMARTS) is 1. The quantitative estimate of drug-likeness (QED) is 0.918. The van der Waals surface area contributed by atoms with Crippen molar-refractivity contribution in [2.45, 2.75) is 27.2 Å². The molecule has 0 saturated carbocycles. The van der Waals surface area contributed by atoms with Gasteiger partial charge in [-0.15, -0.1) is 0 Å². The molecule has 0 aliphatic rings. The average Bonchev–Trinajstić information content (AvgIpc) is 2.75. The van der Waals surface area contributed by atoms with Crippen LogP contribution in [0.4, 0.5) is 0 Å². The molecule has 2 rings (SSSR count). The summed E-state index contributed by atoms with van der Waals surface area (Å²) in [5.41, 5.74) is 3.79. The van der Waals surface area contributed by atoms with Crippen LogP contribution in [0.25, 0.3) is 5.69 Å². The van der Waals surface area contributed by atoms with Crippen LogP contribution in [-0.4, -0.2) is 28.0 Å². The van der Waals surface area contributed by atoms with E-state index in [9.17, 15) is 4.79 Å². The Labute approximate surface area is 124 Å². The molecule has 0 aliphatic carbocycles. The zero-order valence-corrected chi connectivity index (χ0v) is 12.8. The minimum atomic E-state index is -0.786. The van der Waals surface area contributed by atoms with E-state index in [0.29, 0.717) is 6.42 Å². The molecule has 21 heavy (non-hydrogen) atoms. The molecule has 5 heteroatoms. The van der Waals surface area contributed by atoms with Gasteiger partial charge in [0.1, 0.15) is 5.75 Å². The Kier molecular flexibility index (Phi) is 4.31. The van der Waals surface area contributed by atoms with Crippen LogP contribution in [0, 0.1) is 19.8 Å². The highest BCUT2D eigenvalue weighted by Crippen LogP contribution is 2.22. The second-order valence-corrected chi connectivity index (χ2v) is 5.20. The van der Waals surface area contributed by atoms with Gasteiger partial charge in [-0.2, -0.15) is 5.10 Å². The molecule has 1 atom stereocenters. The van der Waals surface area contributed by atoms with E-state index in [1.54, 1.807) is 14.0 Å². The maximum absolute atomic E-state index is 11.0. The number of aromatic nitrogens is 2. The third kappa shape index (κ3) is 3.07. The lowest BCUT2D eigenvalue weighted by Crippen LogP contribution is -2.13. The van der Waals surface area contributed by atoms with Crippen molar-refractivity contribution in [1.82, 2.24) is 9.78 Å². The number of rotatable bonds is 5. The predicted molar refractivity (Wildman–Crippen MR) is 80.1 cm³/mol. The van der Waals surface area contributed by atoms with E-state index < -0.39 is 11.9 Å². The first-order valence-electron chi connectivity index (χ1n) is 6.86. The number of aliphatic carboxylic acids is 1. The lowest BCUT2D eigenvalue weighted by molar-refractivity contribution is -0.141. The number of hydrogen-bond donors (Lipinski definition) is 1. The fourth-order valence-corrected chi connectivity index (χ4v) is 2.34. The number of ether oxygens (including phenoxy) is 1. The third-order valence-corrected chi connectivity index (χ3v) is 3.69. The van der Waals surface area contributed by atoms with Crippen molar-refractivity contribution in [3.63, 3.8) is 0 Å². The number of carboxylic acids is 1. The summed E-state index contributed by atoms with van der Waals surface area (Å²) in [5.74, 6) is -0.415. The van der Waals surface area contributed by atoms with Crippen molar-refractivity contribution in [3.05, 3.63) is 41.2 Å². The van der Waals surface area contributed by atoms with Gasteiger partial charge in [0.15, 0.2) is 0 Å². The maximum Gasteiger partial charge on any atom is 0.306 e. The van der Waals surface area contributed by atoms with Gasteiger partial charge >= 0.3 is 5.97 Å². The summed E-state index contributed by atoms with van der Waals surface area (Å²) in [6, 6.07) is 7.63. The average molecular weight is 288 g/mol. The van der Waals surface area contributed by atoms with Crippen molar-refractivity contribution >= 4 is 5.97 Å². The van der Waals surface area contributed by atoms with Gasteiger partial charge in [0.25, 0.3) is 0 Å². The first-order valence-corrected chi connectivity index (χ1v) is 6.86. The monoisotopic (exact) mass is 288 g/mol. The van der Waals surface area contributed by atoms with E-state index >= 15 is 0 Å². The molecule has 5 nitrogen and oxygen atoms in total. The first kappa shape index (κ1) is 15.1. The largest absolute Gasteiger partial charge is 0.497 e. The molecule has 0 saturated heterocycles. The number of carbonyl (C=O) groups is 1. The molecule has 1 aromatic carbocycles. The van der Waals surface area contributed by atoms with Gasteiger partial charge in [0, 0.05) is 5.69 Å². The molecule has 0 amide bonds. The van der Waals surface area contributed by atoms with Gasteiger partial charge in [-0.05, 0) is 50.1 Å². The van der Waals surface area contributed by atoms with E-state index in [0.717, 1.165) is 28.4 Å². The zero-order chi connectivity index (χ0) is 15.6. The van der Waals surface area contributed by atoms with Crippen LogP contribution in [-0.2, 0) is 11.2 Å². The standard InChI is InChI=1S/C16H20N2O3/c1-10(16(19)20)9-15-11(2)17-18(12(15)3)13-5-7-14(21-4)8-6-13/h5-8,10H,9H2,1-4H3,(H,19,20). The molecule has 0 radical (unpaired) electrons. The highest BCUT2D eigenvalue weighted by Gasteiger charge is 2.19. The van der Waals surface area contributed by atoms with Crippen molar-refractivity contribution in [2.24, 2.45) is 5.92 Å². The highest BCUT2D eigenvalue weighted by molar-refractivity contribution is 5.70. The van der Waals surface area contributed by atoms with E-state index in [1.165, 1.54) is 0 Å². The molecule has 1 N–H and O–H groups in total. The molecule has 1 unspecified atom stereocenters. The summed E-state index contributed by atoms with van der Waals surface area (Å²) in [4.78, 5) is 11.0. The molecule has 2 aromatic rings.